The van der Waals surface area contributed by atoms with Gasteiger partial charge in [0.25, 0.3) is 0 Å². The van der Waals surface area contributed by atoms with Gasteiger partial charge in [0.15, 0.2) is 0 Å². The van der Waals surface area contributed by atoms with E-state index in [0.717, 1.165) is 11.1 Å². The van der Waals surface area contributed by atoms with Crippen LogP contribution in [0.4, 0.5) is 4.79 Å². The molecular formula is C21H24ClN3O4. The third-order valence-electron chi connectivity index (χ3n) is 4.48. The van der Waals surface area contributed by atoms with Gasteiger partial charge in [-0.25, -0.2) is 4.79 Å². The standard InChI is InChI=1S/C21H24ClN3O4/c1-13-5-3-4-6-16(13)18(25-21(23)28)11-19(26)24-17(12-20(27)29-2)14-7-9-15(22)10-8-14/h3-10,17-18H,11-12H2,1-2H3,(H,24,26)(H3,23,25,28)/t17-,18-/m1/s1. The number of ether oxygens (including phenoxy) is 1. The van der Waals surface area contributed by atoms with Crippen LogP contribution in [0.1, 0.15) is 41.6 Å². The Balaban J connectivity index is 2.19. The number of urea groups is 1. The number of methoxy groups -OCH3 is 1. The first-order valence-corrected chi connectivity index (χ1v) is 9.41. The lowest BCUT2D eigenvalue weighted by molar-refractivity contribution is -0.141. The molecule has 0 aromatic heterocycles. The topological polar surface area (TPSA) is 111 Å². The average molecular weight is 418 g/mol. The Labute approximate surface area is 174 Å². The van der Waals surface area contributed by atoms with E-state index < -0.39 is 24.1 Å². The number of hydrogen-bond donors (Lipinski definition) is 3. The molecule has 3 amide bonds. The second-order valence-electron chi connectivity index (χ2n) is 6.57. The summed E-state index contributed by atoms with van der Waals surface area (Å²) in [4.78, 5) is 36.0. The van der Waals surface area contributed by atoms with Gasteiger partial charge < -0.3 is 21.1 Å². The Morgan fingerprint density at radius 2 is 1.66 bits per heavy atom. The zero-order chi connectivity index (χ0) is 21.4. The number of hydrogen-bond acceptors (Lipinski definition) is 4. The number of benzene rings is 2. The van der Waals surface area contributed by atoms with E-state index in [1.807, 2.05) is 31.2 Å². The molecule has 0 aliphatic rings. The van der Waals surface area contributed by atoms with Crippen LogP contribution in [-0.4, -0.2) is 25.0 Å². The number of carbonyl (C=O) groups is 3. The summed E-state index contributed by atoms with van der Waals surface area (Å²) in [5.74, 6) is -0.813. The van der Waals surface area contributed by atoms with Gasteiger partial charge in [-0.3, -0.25) is 9.59 Å². The molecule has 4 N–H and O–H groups in total. The first-order valence-electron chi connectivity index (χ1n) is 9.03. The predicted molar refractivity (Wildman–Crippen MR) is 110 cm³/mol. The molecule has 0 aliphatic carbocycles. The number of nitrogens with one attached hydrogen (secondary N) is 2. The van der Waals surface area contributed by atoms with Crippen molar-refractivity contribution in [1.29, 1.82) is 0 Å². The number of esters is 1. The van der Waals surface area contributed by atoms with E-state index in [0.29, 0.717) is 10.6 Å². The molecule has 2 atom stereocenters. The SMILES string of the molecule is COC(=O)C[C@@H](NC(=O)C[C@@H](NC(N)=O)c1ccccc1C)c1ccc(Cl)cc1. The van der Waals surface area contributed by atoms with Gasteiger partial charge in [0, 0.05) is 5.02 Å². The van der Waals surface area contributed by atoms with Gasteiger partial charge in [-0.2, -0.15) is 0 Å². The van der Waals surface area contributed by atoms with Gasteiger partial charge in [0.2, 0.25) is 5.91 Å². The molecule has 0 saturated carbocycles. The van der Waals surface area contributed by atoms with Crippen molar-refractivity contribution >= 4 is 29.5 Å². The van der Waals surface area contributed by atoms with Gasteiger partial charge in [-0.15, -0.1) is 0 Å². The average Bonchev–Trinajstić information content (AvgIpc) is 2.67. The summed E-state index contributed by atoms with van der Waals surface area (Å²) in [6.45, 7) is 1.89. The summed E-state index contributed by atoms with van der Waals surface area (Å²) in [6.07, 6.45) is -0.0821. The fourth-order valence-electron chi connectivity index (χ4n) is 3.02. The number of nitrogens with two attached hydrogens (primary N) is 1. The molecule has 0 radical (unpaired) electrons. The second-order valence-corrected chi connectivity index (χ2v) is 7.01. The van der Waals surface area contributed by atoms with E-state index in [1.54, 1.807) is 24.3 Å². The van der Waals surface area contributed by atoms with Gasteiger partial charge in [0.1, 0.15) is 0 Å². The first kappa shape index (κ1) is 22.2. The molecule has 0 bridgehead atoms. The highest BCUT2D eigenvalue weighted by Crippen LogP contribution is 2.23. The van der Waals surface area contributed by atoms with Crippen molar-refractivity contribution < 1.29 is 19.1 Å². The summed E-state index contributed by atoms with van der Waals surface area (Å²) in [5.41, 5.74) is 7.71. The minimum absolute atomic E-state index is 0.0395. The second kappa shape index (κ2) is 10.5. The highest BCUT2D eigenvalue weighted by atomic mass is 35.5. The maximum atomic E-state index is 12.8. The van der Waals surface area contributed by atoms with Crippen molar-refractivity contribution in [3.63, 3.8) is 0 Å². The van der Waals surface area contributed by atoms with Crippen LogP contribution in [0.15, 0.2) is 48.5 Å². The minimum Gasteiger partial charge on any atom is -0.469 e. The van der Waals surface area contributed by atoms with Crippen molar-refractivity contribution in [3.8, 4) is 0 Å². The summed E-state index contributed by atoms with van der Waals surface area (Å²) in [5, 5.41) is 5.99. The van der Waals surface area contributed by atoms with Crippen LogP contribution in [0.25, 0.3) is 0 Å². The van der Waals surface area contributed by atoms with Crippen LogP contribution in [0.2, 0.25) is 5.02 Å². The number of halogens is 1. The molecule has 0 aliphatic heterocycles. The van der Waals surface area contributed by atoms with Gasteiger partial charge in [0.05, 0.1) is 32.0 Å². The Bertz CT molecular complexity index is 870. The number of amides is 3. The number of rotatable bonds is 8. The molecule has 8 heteroatoms. The molecule has 0 heterocycles. The van der Waals surface area contributed by atoms with E-state index in [1.165, 1.54) is 7.11 Å². The third-order valence-corrected chi connectivity index (χ3v) is 4.73. The maximum absolute atomic E-state index is 12.8. The third kappa shape index (κ3) is 6.80. The summed E-state index contributed by atoms with van der Waals surface area (Å²) < 4.78 is 4.74. The zero-order valence-corrected chi connectivity index (χ0v) is 17.0. The van der Waals surface area contributed by atoms with Crippen molar-refractivity contribution in [2.75, 3.05) is 7.11 Å². The van der Waals surface area contributed by atoms with Crippen LogP contribution in [0, 0.1) is 6.92 Å². The highest BCUT2D eigenvalue weighted by Gasteiger charge is 2.23. The fourth-order valence-corrected chi connectivity index (χ4v) is 3.15. The molecule has 0 fully saturated rings. The number of carbonyl (C=O) groups excluding carboxylic acids is 3. The molecule has 7 nitrogen and oxygen atoms in total. The van der Waals surface area contributed by atoms with Gasteiger partial charge >= 0.3 is 12.0 Å². The molecule has 0 spiro atoms. The van der Waals surface area contributed by atoms with Gasteiger partial charge in [-0.05, 0) is 35.7 Å². The van der Waals surface area contributed by atoms with E-state index in [9.17, 15) is 14.4 Å². The molecule has 154 valence electrons. The van der Waals surface area contributed by atoms with E-state index in [4.69, 9.17) is 22.1 Å². The molecule has 2 aromatic carbocycles. The lowest BCUT2D eigenvalue weighted by Gasteiger charge is -2.22. The number of aryl methyl sites for hydroxylation is 1. The van der Waals surface area contributed by atoms with Crippen LogP contribution in [0.5, 0.6) is 0 Å². The fraction of sp³-hybridized carbons (Fsp3) is 0.286. The molecule has 29 heavy (non-hydrogen) atoms. The maximum Gasteiger partial charge on any atom is 0.312 e. The van der Waals surface area contributed by atoms with Crippen molar-refractivity contribution in [3.05, 3.63) is 70.2 Å². The van der Waals surface area contributed by atoms with Crippen molar-refractivity contribution in [1.82, 2.24) is 10.6 Å². The van der Waals surface area contributed by atoms with Gasteiger partial charge in [-0.1, -0.05) is 48.0 Å². The lowest BCUT2D eigenvalue weighted by Crippen LogP contribution is -2.38. The van der Waals surface area contributed by atoms with E-state index in [2.05, 4.69) is 10.6 Å². The normalized spacial score (nSPS) is 12.5. The van der Waals surface area contributed by atoms with E-state index >= 15 is 0 Å². The molecule has 0 saturated heterocycles. The van der Waals surface area contributed by atoms with Crippen LogP contribution < -0.4 is 16.4 Å². The van der Waals surface area contributed by atoms with Crippen LogP contribution in [0.3, 0.4) is 0 Å². The Hall–Kier alpha value is -3.06. The first-order chi connectivity index (χ1) is 13.8. The lowest BCUT2D eigenvalue weighted by atomic mass is 9.97. The Morgan fingerprint density at radius 1 is 1.00 bits per heavy atom. The zero-order valence-electron chi connectivity index (χ0n) is 16.3. The van der Waals surface area contributed by atoms with Crippen LogP contribution in [-0.2, 0) is 14.3 Å². The summed E-state index contributed by atoms with van der Waals surface area (Å²) in [6, 6.07) is 12.3. The molecular weight excluding hydrogens is 394 g/mol. The van der Waals surface area contributed by atoms with E-state index in [-0.39, 0.29) is 18.7 Å². The highest BCUT2D eigenvalue weighted by molar-refractivity contribution is 6.30. The molecule has 0 unspecified atom stereocenters. The largest absolute Gasteiger partial charge is 0.469 e. The molecule has 2 rings (SSSR count). The summed E-state index contributed by atoms with van der Waals surface area (Å²) in [7, 11) is 1.29. The minimum atomic E-state index is -0.727. The quantitative estimate of drug-likeness (QED) is 0.573. The summed E-state index contributed by atoms with van der Waals surface area (Å²) >= 11 is 5.92. The van der Waals surface area contributed by atoms with Crippen molar-refractivity contribution in [2.45, 2.75) is 31.8 Å². The monoisotopic (exact) mass is 417 g/mol. The van der Waals surface area contributed by atoms with Crippen LogP contribution >= 0.6 is 11.6 Å². The molecule has 2 aromatic rings. The predicted octanol–water partition coefficient (Wildman–Crippen LogP) is 3.17. The Kier molecular flexibility index (Phi) is 8.03. The smallest absolute Gasteiger partial charge is 0.312 e. The van der Waals surface area contributed by atoms with Crippen molar-refractivity contribution in [2.24, 2.45) is 5.73 Å². The Morgan fingerprint density at radius 3 is 2.24 bits per heavy atom. The number of primary amides is 1.